The van der Waals surface area contributed by atoms with Crippen LogP contribution < -0.4 is 5.32 Å². The monoisotopic (exact) mass is 279 g/mol. The SMILES string of the molecule is CC(C)(C)CC(C)(C)NC1Cc2ccc(Cl)cc2C1. The van der Waals surface area contributed by atoms with Gasteiger partial charge in [-0.2, -0.15) is 0 Å². The molecular weight excluding hydrogens is 254 g/mol. The molecule has 1 aromatic carbocycles. The predicted octanol–water partition coefficient (Wildman–Crippen LogP) is 4.61. The van der Waals surface area contributed by atoms with Gasteiger partial charge in [0.25, 0.3) is 0 Å². The second-order valence-corrected chi connectivity index (χ2v) is 8.22. The second kappa shape index (κ2) is 5.10. The summed E-state index contributed by atoms with van der Waals surface area (Å²) in [6.07, 6.45) is 3.40. The minimum Gasteiger partial charge on any atom is -0.308 e. The Morgan fingerprint density at radius 1 is 1.11 bits per heavy atom. The molecule has 1 unspecified atom stereocenters. The summed E-state index contributed by atoms with van der Waals surface area (Å²) < 4.78 is 0. The Labute approximate surface area is 122 Å². The summed E-state index contributed by atoms with van der Waals surface area (Å²) in [5.41, 5.74) is 3.39. The Balaban J connectivity index is 2.00. The molecule has 0 aliphatic heterocycles. The van der Waals surface area contributed by atoms with Gasteiger partial charge in [-0.05, 0) is 61.8 Å². The first-order valence-corrected chi connectivity index (χ1v) is 7.57. The molecule has 1 aliphatic carbocycles. The summed E-state index contributed by atoms with van der Waals surface area (Å²) in [5, 5.41) is 4.69. The lowest BCUT2D eigenvalue weighted by molar-refractivity contribution is 0.224. The molecule has 1 N–H and O–H groups in total. The van der Waals surface area contributed by atoms with Crippen LogP contribution in [0.3, 0.4) is 0 Å². The first-order chi connectivity index (χ1) is 8.65. The van der Waals surface area contributed by atoms with Crippen LogP contribution in [0.15, 0.2) is 18.2 Å². The molecule has 0 radical (unpaired) electrons. The van der Waals surface area contributed by atoms with Crippen LogP contribution in [0.2, 0.25) is 5.02 Å². The number of nitrogens with one attached hydrogen (secondary N) is 1. The van der Waals surface area contributed by atoms with Gasteiger partial charge in [0.05, 0.1) is 0 Å². The van der Waals surface area contributed by atoms with Crippen molar-refractivity contribution in [2.75, 3.05) is 0 Å². The van der Waals surface area contributed by atoms with E-state index in [4.69, 9.17) is 11.6 Å². The van der Waals surface area contributed by atoms with Gasteiger partial charge in [0.15, 0.2) is 0 Å². The molecule has 106 valence electrons. The van der Waals surface area contributed by atoms with Gasteiger partial charge in [-0.25, -0.2) is 0 Å². The molecule has 0 aromatic heterocycles. The predicted molar refractivity (Wildman–Crippen MR) is 83.9 cm³/mol. The van der Waals surface area contributed by atoms with Crippen molar-refractivity contribution in [1.29, 1.82) is 0 Å². The zero-order valence-electron chi connectivity index (χ0n) is 12.8. The maximum atomic E-state index is 6.07. The number of hydrogen-bond donors (Lipinski definition) is 1. The van der Waals surface area contributed by atoms with E-state index in [9.17, 15) is 0 Å². The van der Waals surface area contributed by atoms with Crippen LogP contribution in [0.4, 0.5) is 0 Å². The molecule has 0 amide bonds. The van der Waals surface area contributed by atoms with Crippen molar-refractivity contribution in [3.05, 3.63) is 34.3 Å². The minimum atomic E-state index is 0.175. The van der Waals surface area contributed by atoms with Gasteiger partial charge in [0, 0.05) is 16.6 Å². The van der Waals surface area contributed by atoms with E-state index in [1.54, 1.807) is 0 Å². The van der Waals surface area contributed by atoms with Crippen molar-refractivity contribution in [3.8, 4) is 0 Å². The van der Waals surface area contributed by atoms with Gasteiger partial charge in [0.1, 0.15) is 0 Å². The molecule has 1 atom stereocenters. The van der Waals surface area contributed by atoms with Crippen LogP contribution in [-0.4, -0.2) is 11.6 Å². The fraction of sp³-hybridized carbons (Fsp3) is 0.647. The third-order valence-electron chi connectivity index (χ3n) is 3.67. The maximum absolute atomic E-state index is 6.07. The van der Waals surface area contributed by atoms with E-state index in [0.717, 1.165) is 17.9 Å². The quantitative estimate of drug-likeness (QED) is 0.852. The van der Waals surface area contributed by atoms with E-state index in [0.29, 0.717) is 11.5 Å². The van der Waals surface area contributed by atoms with E-state index < -0.39 is 0 Å². The van der Waals surface area contributed by atoms with Crippen molar-refractivity contribution in [2.24, 2.45) is 5.41 Å². The largest absolute Gasteiger partial charge is 0.308 e. The molecule has 0 bridgehead atoms. The fourth-order valence-corrected chi connectivity index (χ4v) is 3.81. The number of rotatable bonds is 3. The van der Waals surface area contributed by atoms with Gasteiger partial charge in [-0.15, -0.1) is 0 Å². The first kappa shape index (κ1) is 14.9. The Hall–Kier alpha value is -0.530. The van der Waals surface area contributed by atoms with E-state index in [1.165, 1.54) is 17.5 Å². The molecule has 0 fully saturated rings. The number of halogens is 1. The highest BCUT2D eigenvalue weighted by atomic mass is 35.5. The topological polar surface area (TPSA) is 12.0 Å². The molecule has 2 heteroatoms. The first-order valence-electron chi connectivity index (χ1n) is 7.20. The van der Waals surface area contributed by atoms with Crippen molar-refractivity contribution in [1.82, 2.24) is 5.32 Å². The third-order valence-corrected chi connectivity index (χ3v) is 3.90. The standard InChI is InChI=1S/C17H26ClN/c1-16(2,3)11-17(4,5)19-15-9-12-6-7-14(18)8-13(12)10-15/h6-8,15,19H,9-11H2,1-5H3. The minimum absolute atomic E-state index is 0.175. The summed E-state index contributed by atoms with van der Waals surface area (Å²) in [7, 11) is 0. The molecular formula is C17H26ClN. The number of hydrogen-bond acceptors (Lipinski definition) is 1. The zero-order chi connectivity index (χ0) is 14.3. The average molecular weight is 280 g/mol. The third kappa shape index (κ3) is 4.22. The van der Waals surface area contributed by atoms with E-state index in [-0.39, 0.29) is 5.54 Å². The lowest BCUT2D eigenvalue weighted by atomic mass is 9.81. The molecule has 2 rings (SSSR count). The van der Waals surface area contributed by atoms with E-state index >= 15 is 0 Å². The Morgan fingerprint density at radius 3 is 2.37 bits per heavy atom. The molecule has 1 aliphatic rings. The summed E-state index contributed by atoms with van der Waals surface area (Å²) in [6.45, 7) is 11.5. The van der Waals surface area contributed by atoms with Gasteiger partial charge in [-0.3, -0.25) is 0 Å². The number of fused-ring (bicyclic) bond motifs is 1. The Morgan fingerprint density at radius 2 is 1.74 bits per heavy atom. The normalized spacial score (nSPS) is 19.6. The van der Waals surface area contributed by atoms with Gasteiger partial charge >= 0.3 is 0 Å². The lowest BCUT2D eigenvalue weighted by Gasteiger charge is -2.36. The molecule has 19 heavy (non-hydrogen) atoms. The summed E-state index contributed by atoms with van der Waals surface area (Å²) in [4.78, 5) is 0. The van der Waals surface area contributed by atoms with Crippen LogP contribution in [-0.2, 0) is 12.8 Å². The highest BCUT2D eigenvalue weighted by molar-refractivity contribution is 6.30. The van der Waals surface area contributed by atoms with Crippen molar-refractivity contribution in [3.63, 3.8) is 0 Å². The van der Waals surface area contributed by atoms with Crippen LogP contribution >= 0.6 is 11.6 Å². The summed E-state index contributed by atoms with van der Waals surface area (Å²) in [6, 6.07) is 6.85. The smallest absolute Gasteiger partial charge is 0.0408 e. The average Bonchev–Trinajstić information content (AvgIpc) is 2.53. The van der Waals surface area contributed by atoms with Crippen molar-refractivity contribution in [2.45, 2.75) is 65.5 Å². The highest BCUT2D eigenvalue weighted by Gasteiger charge is 2.30. The maximum Gasteiger partial charge on any atom is 0.0408 e. The van der Waals surface area contributed by atoms with Crippen LogP contribution in [0.25, 0.3) is 0 Å². The van der Waals surface area contributed by atoms with Crippen molar-refractivity contribution < 1.29 is 0 Å². The summed E-state index contributed by atoms with van der Waals surface area (Å²) in [5.74, 6) is 0. The van der Waals surface area contributed by atoms with Gasteiger partial charge < -0.3 is 5.32 Å². The summed E-state index contributed by atoms with van der Waals surface area (Å²) >= 11 is 6.07. The number of benzene rings is 1. The van der Waals surface area contributed by atoms with E-state index in [2.05, 4.69) is 52.1 Å². The van der Waals surface area contributed by atoms with Gasteiger partial charge in [-0.1, -0.05) is 38.4 Å². The van der Waals surface area contributed by atoms with E-state index in [1.807, 2.05) is 6.07 Å². The van der Waals surface area contributed by atoms with Crippen LogP contribution in [0.5, 0.6) is 0 Å². The van der Waals surface area contributed by atoms with Gasteiger partial charge in [0.2, 0.25) is 0 Å². The molecule has 0 saturated heterocycles. The highest BCUT2D eigenvalue weighted by Crippen LogP contribution is 2.30. The Bertz CT molecular complexity index is 457. The zero-order valence-corrected chi connectivity index (χ0v) is 13.6. The molecule has 0 heterocycles. The molecule has 1 aromatic rings. The second-order valence-electron chi connectivity index (χ2n) is 7.78. The van der Waals surface area contributed by atoms with Crippen LogP contribution in [0, 0.1) is 5.41 Å². The Kier molecular flexibility index (Phi) is 3.99. The molecule has 0 saturated carbocycles. The molecule has 0 spiro atoms. The van der Waals surface area contributed by atoms with Crippen molar-refractivity contribution >= 4 is 11.6 Å². The lowest BCUT2D eigenvalue weighted by Crippen LogP contribution is -2.48. The van der Waals surface area contributed by atoms with Crippen LogP contribution in [0.1, 0.15) is 52.2 Å². The molecule has 1 nitrogen and oxygen atoms in total. The fourth-order valence-electron chi connectivity index (χ4n) is 3.62.